The van der Waals surface area contributed by atoms with Gasteiger partial charge in [-0.25, -0.2) is 0 Å². The van der Waals surface area contributed by atoms with Crippen LogP contribution >= 0.6 is 0 Å². The Morgan fingerprint density at radius 2 is 2.38 bits per heavy atom. The van der Waals surface area contributed by atoms with E-state index in [0.29, 0.717) is 11.3 Å². The first-order valence-electron chi connectivity index (χ1n) is 5.43. The molecule has 0 spiro atoms. The third kappa shape index (κ3) is 1.82. The molecule has 1 saturated heterocycles. The molecule has 1 aromatic carbocycles. The number of aliphatic hydroxyl groups is 1. The quantitative estimate of drug-likeness (QED) is 0.727. The van der Waals surface area contributed by atoms with Crippen molar-refractivity contribution in [2.45, 2.75) is 18.9 Å². The Hall–Kier alpha value is -1.73. The first-order valence-corrected chi connectivity index (χ1v) is 5.43. The van der Waals surface area contributed by atoms with Gasteiger partial charge in [0.05, 0.1) is 35.7 Å². The van der Waals surface area contributed by atoms with E-state index in [2.05, 4.69) is 11.0 Å². The minimum Gasteiger partial charge on any atom is -0.397 e. The monoisotopic (exact) mass is 217 g/mol. The van der Waals surface area contributed by atoms with Gasteiger partial charge in [-0.3, -0.25) is 0 Å². The number of nitrogens with zero attached hydrogens (tertiary/aromatic N) is 2. The molecule has 0 amide bonds. The fourth-order valence-electron chi connectivity index (χ4n) is 2.20. The van der Waals surface area contributed by atoms with Crippen molar-refractivity contribution in [1.82, 2.24) is 0 Å². The normalized spacial score (nSPS) is 19.8. The van der Waals surface area contributed by atoms with Gasteiger partial charge in [-0.05, 0) is 31.0 Å². The van der Waals surface area contributed by atoms with E-state index in [4.69, 9.17) is 11.0 Å². The molecular weight excluding hydrogens is 202 g/mol. The third-order valence-corrected chi connectivity index (χ3v) is 3.06. The van der Waals surface area contributed by atoms with Gasteiger partial charge in [0, 0.05) is 6.54 Å². The van der Waals surface area contributed by atoms with Gasteiger partial charge in [0.2, 0.25) is 0 Å². The van der Waals surface area contributed by atoms with Gasteiger partial charge in [0.1, 0.15) is 0 Å². The number of hydrogen-bond acceptors (Lipinski definition) is 4. The Labute approximate surface area is 94.9 Å². The minimum absolute atomic E-state index is 0.135. The molecule has 1 heterocycles. The van der Waals surface area contributed by atoms with E-state index in [9.17, 15) is 5.11 Å². The molecule has 4 heteroatoms. The van der Waals surface area contributed by atoms with Gasteiger partial charge < -0.3 is 15.7 Å². The van der Waals surface area contributed by atoms with Crippen molar-refractivity contribution in [3.63, 3.8) is 0 Å². The van der Waals surface area contributed by atoms with E-state index >= 15 is 0 Å². The van der Waals surface area contributed by atoms with Crippen LogP contribution in [0.15, 0.2) is 18.2 Å². The Kier molecular flexibility index (Phi) is 2.97. The zero-order valence-electron chi connectivity index (χ0n) is 9.06. The van der Waals surface area contributed by atoms with E-state index in [1.54, 1.807) is 18.2 Å². The molecule has 3 N–H and O–H groups in total. The molecule has 16 heavy (non-hydrogen) atoms. The molecule has 1 unspecified atom stereocenters. The van der Waals surface area contributed by atoms with E-state index in [0.717, 1.165) is 25.1 Å². The van der Waals surface area contributed by atoms with Crippen LogP contribution in [0.5, 0.6) is 0 Å². The second kappa shape index (κ2) is 4.42. The van der Waals surface area contributed by atoms with Crippen LogP contribution in [0, 0.1) is 11.3 Å². The molecule has 2 rings (SSSR count). The maximum atomic E-state index is 9.27. The van der Waals surface area contributed by atoms with Crippen LogP contribution < -0.4 is 10.6 Å². The Morgan fingerprint density at radius 3 is 3.06 bits per heavy atom. The van der Waals surface area contributed by atoms with Crippen LogP contribution in [0.3, 0.4) is 0 Å². The maximum Gasteiger partial charge on any atom is 0.0992 e. The highest BCUT2D eigenvalue weighted by atomic mass is 16.3. The summed E-state index contributed by atoms with van der Waals surface area (Å²) in [6.07, 6.45) is 2.04. The zero-order chi connectivity index (χ0) is 11.5. The topological polar surface area (TPSA) is 73.3 Å². The molecule has 0 saturated carbocycles. The number of aliphatic hydroxyl groups excluding tert-OH is 1. The van der Waals surface area contributed by atoms with Crippen LogP contribution in [-0.4, -0.2) is 24.3 Å². The number of nitrogens with two attached hydrogens (primary N) is 1. The number of benzene rings is 1. The molecule has 1 aliphatic rings. The smallest absolute Gasteiger partial charge is 0.0992 e. The molecule has 1 atom stereocenters. The fourth-order valence-corrected chi connectivity index (χ4v) is 2.20. The molecule has 1 aromatic rings. The van der Waals surface area contributed by atoms with E-state index < -0.39 is 0 Å². The highest BCUT2D eigenvalue weighted by Gasteiger charge is 2.25. The fraction of sp³-hybridized carbons (Fsp3) is 0.417. The number of anilines is 2. The van der Waals surface area contributed by atoms with Crippen molar-refractivity contribution < 1.29 is 5.11 Å². The molecule has 1 fully saturated rings. The van der Waals surface area contributed by atoms with Gasteiger partial charge in [0.15, 0.2) is 0 Å². The minimum atomic E-state index is 0.135. The van der Waals surface area contributed by atoms with Crippen molar-refractivity contribution in [1.29, 1.82) is 5.26 Å². The molecule has 0 bridgehead atoms. The molecule has 1 aliphatic heterocycles. The maximum absolute atomic E-state index is 9.27. The van der Waals surface area contributed by atoms with Crippen molar-refractivity contribution in [2.75, 3.05) is 23.8 Å². The molecule has 0 aliphatic carbocycles. The van der Waals surface area contributed by atoms with Gasteiger partial charge in [-0.15, -0.1) is 0 Å². The Balaban J connectivity index is 2.35. The molecule has 0 radical (unpaired) electrons. The summed E-state index contributed by atoms with van der Waals surface area (Å²) in [5.41, 5.74) is 8.05. The summed E-state index contributed by atoms with van der Waals surface area (Å²) in [5.74, 6) is 0. The average molecular weight is 217 g/mol. The summed E-state index contributed by atoms with van der Waals surface area (Å²) >= 11 is 0. The summed E-state index contributed by atoms with van der Waals surface area (Å²) in [4.78, 5) is 2.09. The van der Waals surface area contributed by atoms with Crippen molar-refractivity contribution in [2.24, 2.45) is 0 Å². The molecule has 0 aromatic heterocycles. The second-order valence-electron chi connectivity index (χ2n) is 4.06. The first kappa shape index (κ1) is 10.8. The third-order valence-electron chi connectivity index (χ3n) is 3.06. The predicted octanol–water partition coefficient (Wildman–Crippen LogP) is 1.10. The van der Waals surface area contributed by atoms with Crippen LogP contribution in [0.1, 0.15) is 18.4 Å². The molecule has 4 nitrogen and oxygen atoms in total. The van der Waals surface area contributed by atoms with Crippen LogP contribution in [-0.2, 0) is 0 Å². The summed E-state index contributed by atoms with van der Waals surface area (Å²) < 4.78 is 0. The first-order chi connectivity index (χ1) is 7.76. The number of nitrogen functional groups attached to an aromatic ring is 1. The highest BCUT2D eigenvalue weighted by molar-refractivity contribution is 5.70. The largest absolute Gasteiger partial charge is 0.397 e. The average Bonchev–Trinajstić information content (AvgIpc) is 2.77. The van der Waals surface area contributed by atoms with E-state index in [1.807, 2.05) is 0 Å². The summed E-state index contributed by atoms with van der Waals surface area (Å²) in [5, 5.41) is 18.1. The van der Waals surface area contributed by atoms with Crippen molar-refractivity contribution in [3.8, 4) is 6.07 Å². The lowest BCUT2D eigenvalue weighted by Gasteiger charge is -2.26. The lowest BCUT2D eigenvalue weighted by molar-refractivity contribution is 0.266. The highest BCUT2D eigenvalue weighted by Crippen LogP contribution is 2.30. The van der Waals surface area contributed by atoms with Gasteiger partial charge >= 0.3 is 0 Å². The Bertz CT molecular complexity index is 425. The number of nitriles is 1. The van der Waals surface area contributed by atoms with Crippen molar-refractivity contribution >= 4 is 11.4 Å². The summed E-state index contributed by atoms with van der Waals surface area (Å²) in [7, 11) is 0. The van der Waals surface area contributed by atoms with Crippen LogP contribution in [0.25, 0.3) is 0 Å². The van der Waals surface area contributed by atoms with Crippen LogP contribution in [0.4, 0.5) is 11.4 Å². The van der Waals surface area contributed by atoms with Gasteiger partial charge in [-0.2, -0.15) is 5.26 Å². The van der Waals surface area contributed by atoms with E-state index in [-0.39, 0.29) is 12.6 Å². The van der Waals surface area contributed by atoms with Crippen molar-refractivity contribution in [3.05, 3.63) is 23.8 Å². The zero-order valence-corrected chi connectivity index (χ0v) is 9.06. The SMILES string of the molecule is N#Cc1ccc(N)c(N2CCCC2CO)c1. The van der Waals surface area contributed by atoms with Crippen LogP contribution in [0.2, 0.25) is 0 Å². The molecule has 84 valence electrons. The Morgan fingerprint density at radius 1 is 1.56 bits per heavy atom. The molecular formula is C12H15N3O. The number of hydrogen-bond donors (Lipinski definition) is 2. The summed E-state index contributed by atoms with van der Waals surface area (Å²) in [6, 6.07) is 7.50. The predicted molar refractivity (Wildman–Crippen MR) is 63.0 cm³/mol. The van der Waals surface area contributed by atoms with Gasteiger partial charge in [0.25, 0.3) is 0 Å². The second-order valence-corrected chi connectivity index (χ2v) is 4.06. The standard InChI is InChI=1S/C12H15N3O/c13-7-9-3-4-11(14)12(6-9)15-5-1-2-10(15)8-16/h3-4,6,10,16H,1-2,5,8,14H2. The number of rotatable bonds is 2. The van der Waals surface area contributed by atoms with Gasteiger partial charge in [-0.1, -0.05) is 0 Å². The lowest BCUT2D eigenvalue weighted by Crippen LogP contribution is -2.32. The summed E-state index contributed by atoms with van der Waals surface area (Å²) in [6.45, 7) is 1.03. The lowest BCUT2D eigenvalue weighted by atomic mass is 10.1. The van der Waals surface area contributed by atoms with E-state index in [1.165, 1.54) is 0 Å².